The molecular weight excluding hydrogens is 424 g/mol. The number of rotatable bonds is 5. The maximum Gasteiger partial charge on any atom is 0.261 e. The van der Waals surface area contributed by atoms with Crippen LogP contribution in [0.15, 0.2) is 82.5 Å². The Bertz CT molecular complexity index is 1260. The van der Waals surface area contributed by atoms with Crippen molar-refractivity contribution in [1.82, 2.24) is 9.55 Å². The summed E-state index contributed by atoms with van der Waals surface area (Å²) in [4.78, 5) is 19.3. The molecule has 1 aromatic heterocycles. The van der Waals surface area contributed by atoms with E-state index in [0.29, 0.717) is 22.7 Å². The molecule has 0 N–H and O–H groups in total. The summed E-state index contributed by atoms with van der Waals surface area (Å²) in [7, 11) is 0. The van der Waals surface area contributed by atoms with E-state index in [0.717, 1.165) is 21.8 Å². The maximum absolute atomic E-state index is 13.3. The van der Waals surface area contributed by atoms with Crippen LogP contribution in [-0.4, -0.2) is 9.55 Å². The van der Waals surface area contributed by atoms with Crippen molar-refractivity contribution in [2.45, 2.75) is 43.4 Å². The Balaban J connectivity index is 1.69. The summed E-state index contributed by atoms with van der Waals surface area (Å²) in [5.41, 5.74) is 3.19. The first-order chi connectivity index (χ1) is 14.8. The molecule has 0 saturated heterocycles. The fourth-order valence-corrected chi connectivity index (χ4v) is 4.43. The Morgan fingerprint density at radius 3 is 2.29 bits per heavy atom. The molecule has 0 aliphatic carbocycles. The molecule has 0 spiro atoms. The number of fused-ring (bicyclic) bond motifs is 1. The zero-order valence-electron chi connectivity index (χ0n) is 17.9. The zero-order valence-corrected chi connectivity index (χ0v) is 19.5. The van der Waals surface area contributed by atoms with E-state index in [9.17, 15) is 4.79 Å². The van der Waals surface area contributed by atoms with Crippen LogP contribution in [0.4, 0.5) is 0 Å². The molecule has 3 aromatic carbocycles. The molecule has 1 heterocycles. The van der Waals surface area contributed by atoms with Crippen LogP contribution in [-0.2, 0) is 17.7 Å². The van der Waals surface area contributed by atoms with Crippen LogP contribution in [0.3, 0.4) is 0 Å². The number of hydrogen-bond acceptors (Lipinski definition) is 3. The van der Waals surface area contributed by atoms with E-state index < -0.39 is 0 Å². The van der Waals surface area contributed by atoms with Crippen molar-refractivity contribution in [2.75, 3.05) is 0 Å². The molecule has 158 valence electrons. The number of aromatic nitrogens is 2. The first kappa shape index (κ1) is 21.7. The monoisotopic (exact) mass is 448 g/mol. The van der Waals surface area contributed by atoms with E-state index in [1.165, 1.54) is 5.56 Å². The molecule has 0 amide bonds. The van der Waals surface area contributed by atoms with E-state index in [1.807, 2.05) is 48.5 Å². The highest BCUT2D eigenvalue weighted by atomic mass is 35.5. The third-order valence-electron chi connectivity index (χ3n) is 5.28. The van der Waals surface area contributed by atoms with Gasteiger partial charge in [0.05, 0.1) is 23.2 Å². The van der Waals surface area contributed by atoms with Gasteiger partial charge in [0.25, 0.3) is 5.56 Å². The van der Waals surface area contributed by atoms with Crippen molar-refractivity contribution >= 4 is 34.3 Å². The molecule has 5 heteroatoms. The SMILES string of the molecule is CC(C)(C)c1ccc(Cn2c(CSc3ccc(Cl)cc3)nc3ccccc3c2=O)cc1. The summed E-state index contributed by atoms with van der Waals surface area (Å²) < 4.78 is 1.80. The number of nitrogens with zero attached hydrogens (tertiary/aromatic N) is 2. The fraction of sp³-hybridized carbons (Fsp3) is 0.231. The highest BCUT2D eigenvalue weighted by Gasteiger charge is 2.15. The molecule has 0 radical (unpaired) electrons. The second-order valence-electron chi connectivity index (χ2n) is 8.63. The average Bonchev–Trinajstić information content (AvgIpc) is 2.75. The summed E-state index contributed by atoms with van der Waals surface area (Å²) >= 11 is 7.65. The van der Waals surface area contributed by atoms with Gasteiger partial charge in [-0.2, -0.15) is 0 Å². The van der Waals surface area contributed by atoms with Crippen LogP contribution < -0.4 is 5.56 Å². The minimum absolute atomic E-state index is 0.00259. The standard InChI is InChI=1S/C26H25ClN2OS/c1-26(2,3)19-10-8-18(9-11-19)16-29-24(17-31-21-14-12-20(27)13-15-21)28-23-7-5-4-6-22(23)25(29)30/h4-15H,16-17H2,1-3H3. The first-order valence-electron chi connectivity index (χ1n) is 10.3. The third-order valence-corrected chi connectivity index (χ3v) is 6.54. The van der Waals surface area contributed by atoms with Gasteiger partial charge in [0.1, 0.15) is 5.82 Å². The van der Waals surface area contributed by atoms with Crippen molar-refractivity contribution in [2.24, 2.45) is 0 Å². The van der Waals surface area contributed by atoms with Gasteiger partial charge in [-0.3, -0.25) is 9.36 Å². The number of para-hydroxylation sites is 1. The lowest BCUT2D eigenvalue weighted by atomic mass is 9.87. The van der Waals surface area contributed by atoms with Crippen molar-refractivity contribution in [3.05, 3.63) is 105 Å². The normalized spacial score (nSPS) is 11.7. The second kappa shape index (κ2) is 8.89. The second-order valence-corrected chi connectivity index (χ2v) is 10.1. The topological polar surface area (TPSA) is 34.9 Å². The van der Waals surface area contributed by atoms with E-state index in [-0.39, 0.29) is 11.0 Å². The Labute approximate surface area is 192 Å². The van der Waals surface area contributed by atoms with Gasteiger partial charge < -0.3 is 0 Å². The molecular formula is C26H25ClN2OS. The number of hydrogen-bond donors (Lipinski definition) is 0. The van der Waals surface area contributed by atoms with E-state index in [2.05, 4.69) is 45.0 Å². The van der Waals surface area contributed by atoms with Crippen LogP contribution in [0.25, 0.3) is 10.9 Å². The molecule has 0 unspecified atom stereocenters. The van der Waals surface area contributed by atoms with Crippen LogP contribution in [0.1, 0.15) is 37.7 Å². The predicted molar refractivity (Wildman–Crippen MR) is 131 cm³/mol. The summed E-state index contributed by atoms with van der Waals surface area (Å²) in [5.74, 6) is 1.37. The van der Waals surface area contributed by atoms with Crippen LogP contribution in [0, 0.1) is 0 Å². The molecule has 0 aliphatic rings. The van der Waals surface area contributed by atoms with Gasteiger partial charge in [-0.05, 0) is 52.9 Å². The zero-order chi connectivity index (χ0) is 22.0. The van der Waals surface area contributed by atoms with Crippen molar-refractivity contribution < 1.29 is 0 Å². The minimum Gasteiger partial charge on any atom is -0.291 e. The Morgan fingerprint density at radius 2 is 1.61 bits per heavy atom. The lowest BCUT2D eigenvalue weighted by Crippen LogP contribution is -2.25. The van der Waals surface area contributed by atoms with Gasteiger partial charge in [0.2, 0.25) is 0 Å². The largest absolute Gasteiger partial charge is 0.291 e. The van der Waals surface area contributed by atoms with E-state index in [4.69, 9.17) is 16.6 Å². The van der Waals surface area contributed by atoms with Gasteiger partial charge in [-0.25, -0.2) is 4.98 Å². The smallest absolute Gasteiger partial charge is 0.261 e. The van der Waals surface area contributed by atoms with Crippen LogP contribution in [0.5, 0.6) is 0 Å². The molecule has 4 aromatic rings. The van der Waals surface area contributed by atoms with Gasteiger partial charge >= 0.3 is 0 Å². The average molecular weight is 449 g/mol. The van der Waals surface area contributed by atoms with Crippen LogP contribution >= 0.6 is 23.4 Å². The molecule has 0 fully saturated rings. The van der Waals surface area contributed by atoms with E-state index >= 15 is 0 Å². The van der Waals surface area contributed by atoms with Gasteiger partial charge in [0.15, 0.2) is 0 Å². The highest BCUT2D eigenvalue weighted by molar-refractivity contribution is 7.98. The Kier molecular flexibility index (Phi) is 6.22. The minimum atomic E-state index is -0.00259. The molecule has 4 rings (SSSR count). The fourth-order valence-electron chi connectivity index (χ4n) is 3.46. The number of halogens is 1. The number of benzene rings is 3. The molecule has 31 heavy (non-hydrogen) atoms. The molecule has 0 saturated carbocycles. The molecule has 0 bridgehead atoms. The quantitative estimate of drug-likeness (QED) is 0.319. The van der Waals surface area contributed by atoms with Gasteiger partial charge in [0, 0.05) is 9.92 Å². The summed E-state index contributed by atoms with van der Waals surface area (Å²) in [6.45, 7) is 7.10. The maximum atomic E-state index is 13.3. The van der Waals surface area contributed by atoms with Gasteiger partial charge in [-0.1, -0.05) is 68.8 Å². The van der Waals surface area contributed by atoms with Crippen LogP contribution in [0.2, 0.25) is 5.02 Å². The van der Waals surface area contributed by atoms with Gasteiger partial charge in [-0.15, -0.1) is 11.8 Å². The highest BCUT2D eigenvalue weighted by Crippen LogP contribution is 2.25. The predicted octanol–water partition coefficient (Wildman–Crippen LogP) is 6.69. The lowest BCUT2D eigenvalue weighted by Gasteiger charge is -2.19. The first-order valence-corrected chi connectivity index (χ1v) is 11.6. The molecule has 0 atom stereocenters. The number of thioether (sulfide) groups is 1. The van der Waals surface area contributed by atoms with Crippen molar-refractivity contribution in [3.63, 3.8) is 0 Å². The van der Waals surface area contributed by atoms with Crippen molar-refractivity contribution in [3.8, 4) is 0 Å². The van der Waals surface area contributed by atoms with Crippen molar-refractivity contribution in [1.29, 1.82) is 0 Å². The Morgan fingerprint density at radius 1 is 0.935 bits per heavy atom. The Hall–Kier alpha value is -2.56. The third kappa shape index (κ3) is 5.03. The molecule has 0 aliphatic heterocycles. The summed E-state index contributed by atoms with van der Waals surface area (Å²) in [6.07, 6.45) is 0. The molecule has 3 nitrogen and oxygen atoms in total. The summed E-state index contributed by atoms with van der Waals surface area (Å²) in [5, 5.41) is 1.36. The van der Waals surface area contributed by atoms with E-state index in [1.54, 1.807) is 16.3 Å². The summed E-state index contributed by atoms with van der Waals surface area (Å²) in [6, 6.07) is 23.8. The lowest BCUT2D eigenvalue weighted by molar-refractivity contribution is 0.589.